The summed E-state index contributed by atoms with van der Waals surface area (Å²) >= 11 is 0. The van der Waals surface area contributed by atoms with Crippen molar-refractivity contribution in [2.45, 2.75) is 73.4 Å². The fourth-order valence-corrected chi connectivity index (χ4v) is 6.69. The van der Waals surface area contributed by atoms with Gasteiger partial charge in [-0.15, -0.1) is 0 Å². The largest absolute Gasteiger partial charge is 0.239 e. The van der Waals surface area contributed by atoms with E-state index in [9.17, 15) is 0 Å². The van der Waals surface area contributed by atoms with E-state index >= 15 is 4.39 Å². The molecular weight excluding hydrogens is 429 g/mol. The maximum atomic E-state index is 16.6. The van der Waals surface area contributed by atoms with Crippen molar-refractivity contribution < 1.29 is 8.97 Å². The predicted octanol–water partition coefficient (Wildman–Crippen LogP) is 9.09. The highest BCUT2D eigenvalue weighted by atomic mass is 19.1. The zero-order chi connectivity index (χ0) is 25.2. The van der Waals surface area contributed by atoms with E-state index in [1.54, 1.807) is 0 Å². The van der Waals surface area contributed by atoms with Crippen molar-refractivity contribution >= 4 is 33.4 Å². The number of nitrogens with zero attached hydrogens (tertiary/aromatic N) is 1. The average molecular weight is 467 g/mol. The van der Waals surface area contributed by atoms with Crippen molar-refractivity contribution in [3.63, 3.8) is 0 Å². The molecule has 0 fully saturated rings. The first-order valence-corrected chi connectivity index (χ1v) is 13.0. The van der Waals surface area contributed by atoms with Crippen molar-refractivity contribution in [2.24, 2.45) is 0 Å². The average Bonchev–Trinajstić information content (AvgIpc) is 3.18. The first-order chi connectivity index (χ1) is 16.6. The number of aryl methyl sites for hydroxylation is 5. The highest BCUT2D eigenvalue weighted by molar-refractivity contribution is 6.22. The summed E-state index contributed by atoms with van der Waals surface area (Å²) in [5, 5.41) is 4.88. The smallest absolute Gasteiger partial charge is 0.217 e. The van der Waals surface area contributed by atoms with Gasteiger partial charge in [-0.1, -0.05) is 61.4 Å². The molecule has 180 valence electrons. The van der Waals surface area contributed by atoms with Gasteiger partial charge in [0.05, 0.1) is 11.8 Å². The van der Waals surface area contributed by atoms with Gasteiger partial charge in [0.25, 0.3) is 0 Å². The Morgan fingerprint density at radius 2 is 1.40 bits per heavy atom. The summed E-state index contributed by atoms with van der Waals surface area (Å²) in [5.41, 5.74) is 10.8. The van der Waals surface area contributed by atoms with Crippen molar-refractivity contribution in [1.29, 1.82) is 0 Å². The predicted molar refractivity (Wildman–Crippen MR) is 150 cm³/mol. The Morgan fingerprint density at radius 1 is 0.800 bits per heavy atom. The van der Waals surface area contributed by atoms with Crippen molar-refractivity contribution in [1.82, 2.24) is 0 Å². The number of alkyl halides is 1. The summed E-state index contributed by atoms with van der Waals surface area (Å²) in [6.45, 7) is 14.9. The molecule has 0 N–H and O–H groups in total. The summed E-state index contributed by atoms with van der Waals surface area (Å²) in [5.74, 6) is 0. The van der Waals surface area contributed by atoms with Gasteiger partial charge < -0.3 is 0 Å². The third-order valence-electron chi connectivity index (χ3n) is 8.25. The Balaban J connectivity index is 2.12. The van der Waals surface area contributed by atoms with E-state index in [1.807, 2.05) is 13.8 Å². The maximum Gasteiger partial charge on any atom is 0.217 e. The lowest BCUT2D eigenvalue weighted by molar-refractivity contribution is -0.394. The molecule has 0 bridgehead atoms. The van der Waals surface area contributed by atoms with E-state index in [0.29, 0.717) is 12.8 Å². The van der Waals surface area contributed by atoms with Crippen LogP contribution >= 0.6 is 0 Å². The molecule has 0 aliphatic carbocycles. The highest BCUT2D eigenvalue weighted by Crippen LogP contribution is 2.50. The number of hydrogen-bond donors (Lipinski definition) is 0. The molecule has 0 radical (unpaired) electrons. The van der Waals surface area contributed by atoms with Crippen LogP contribution in [0.25, 0.3) is 32.7 Å². The fourth-order valence-electron chi connectivity index (χ4n) is 6.69. The molecule has 0 atom stereocenters. The summed E-state index contributed by atoms with van der Waals surface area (Å²) in [6.07, 6.45) is 4.06. The SMILES string of the molecule is CCC(F)(CC)c1ccc(-c2c(C)cc(C)cc2C)c2c1c1c(c3c(C)cc(C)cc32)CC=[N+]1C. The van der Waals surface area contributed by atoms with E-state index in [0.717, 1.165) is 17.4 Å². The lowest BCUT2D eigenvalue weighted by Crippen LogP contribution is -2.19. The Labute approximate surface area is 209 Å². The number of benzene rings is 4. The van der Waals surface area contributed by atoms with Gasteiger partial charge in [0.15, 0.2) is 0 Å². The molecule has 2 heteroatoms. The molecule has 1 aliphatic heterocycles. The Hall–Kier alpha value is -3.00. The van der Waals surface area contributed by atoms with Crippen LogP contribution in [0.4, 0.5) is 10.1 Å². The molecule has 1 nitrogen and oxygen atoms in total. The molecular formula is C33H37FN+. The monoisotopic (exact) mass is 466 g/mol. The molecule has 1 heterocycles. The van der Waals surface area contributed by atoms with Crippen LogP contribution in [0.1, 0.15) is 65.6 Å². The third-order valence-corrected chi connectivity index (χ3v) is 8.25. The number of rotatable bonds is 4. The normalized spacial score (nSPS) is 13.6. The van der Waals surface area contributed by atoms with Gasteiger partial charge in [-0.05, 0) is 86.1 Å². The van der Waals surface area contributed by atoms with Crippen molar-refractivity contribution in [3.8, 4) is 11.1 Å². The zero-order valence-electron chi connectivity index (χ0n) is 22.5. The minimum Gasteiger partial charge on any atom is -0.239 e. The Morgan fingerprint density at radius 3 is 2.03 bits per heavy atom. The van der Waals surface area contributed by atoms with E-state index in [4.69, 9.17) is 0 Å². The quantitative estimate of drug-likeness (QED) is 0.208. The second-order valence-electron chi connectivity index (χ2n) is 10.7. The van der Waals surface area contributed by atoms with Crippen molar-refractivity contribution in [3.05, 3.63) is 75.3 Å². The van der Waals surface area contributed by atoms with Gasteiger partial charge in [-0.3, -0.25) is 0 Å². The van der Waals surface area contributed by atoms with Gasteiger partial charge in [0.1, 0.15) is 18.9 Å². The van der Waals surface area contributed by atoms with Crippen LogP contribution in [-0.4, -0.2) is 17.8 Å². The van der Waals surface area contributed by atoms with Crippen LogP contribution in [0.5, 0.6) is 0 Å². The van der Waals surface area contributed by atoms with Gasteiger partial charge in [0.2, 0.25) is 5.69 Å². The molecule has 1 aliphatic rings. The molecule has 0 saturated carbocycles. The lowest BCUT2D eigenvalue weighted by atomic mass is 9.79. The molecule has 0 amide bonds. The number of hydrogen-bond acceptors (Lipinski definition) is 0. The molecule has 0 saturated heterocycles. The molecule has 0 unspecified atom stereocenters. The molecule has 0 aromatic heterocycles. The van der Waals surface area contributed by atoms with Crippen LogP contribution in [0, 0.1) is 34.6 Å². The first-order valence-electron chi connectivity index (χ1n) is 13.0. The number of fused-ring (bicyclic) bond motifs is 6. The molecule has 35 heavy (non-hydrogen) atoms. The fraction of sp³-hybridized carbons (Fsp3) is 0.364. The minimum absolute atomic E-state index is 0.466. The summed E-state index contributed by atoms with van der Waals surface area (Å²) < 4.78 is 18.8. The van der Waals surface area contributed by atoms with Crippen LogP contribution in [0.3, 0.4) is 0 Å². The number of halogens is 1. The van der Waals surface area contributed by atoms with E-state index < -0.39 is 5.67 Å². The zero-order valence-corrected chi connectivity index (χ0v) is 22.5. The topological polar surface area (TPSA) is 3.01 Å². The van der Waals surface area contributed by atoms with E-state index in [-0.39, 0.29) is 0 Å². The summed E-state index contributed by atoms with van der Waals surface area (Å²) in [7, 11) is 2.12. The first kappa shape index (κ1) is 23.7. The van der Waals surface area contributed by atoms with Crippen molar-refractivity contribution in [2.75, 3.05) is 7.05 Å². The van der Waals surface area contributed by atoms with Gasteiger partial charge in [-0.25, -0.2) is 8.97 Å². The second-order valence-corrected chi connectivity index (χ2v) is 10.7. The summed E-state index contributed by atoms with van der Waals surface area (Å²) in [6, 6.07) is 13.4. The van der Waals surface area contributed by atoms with Crippen LogP contribution < -0.4 is 0 Å². The standard InChI is InChI=1S/C33H37FN/c1-9-33(34,10-2)27-12-11-24(28-21(5)15-19(3)16-22(28)6)30-26-18-20(4)17-23(7)29(26)25-13-14-35(8)32(25)31(27)30/h11-12,14-18H,9-10,13H2,1-8H3/q+1. The third kappa shape index (κ3) is 3.44. The minimum atomic E-state index is -1.36. The Bertz CT molecular complexity index is 1530. The van der Waals surface area contributed by atoms with Gasteiger partial charge in [0, 0.05) is 16.5 Å². The van der Waals surface area contributed by atoms with Gasteiger partial charge in [-0.2, -0.15) is 0 Å². The van der Waals surface area contributed by atoms with E-state index in [2.05, 4.69) is 88.9 Å². The van der Waals surface area contributed by atoms with Crippen LogP contribution in [0.2, 0.25) is 0 Å². The molecule has 5 rings (SSSR count). The molecule has 4 aromatic carbocycles. The second kappa shape index (κ2) is 8.29. The van der Waals surface area contributed by atoms with E-state index in [1.165, 1.54) is 66.4 Å². The molecule has 0 spiro atoms. The lowest BCUT2D eigenvalue weighted by Gasteiger charge is -2.27. The summed E-state index contributed by atoms with van der Waals surface area (Å²) in [4.78, 5) is 0. The highest BCUT2D eigenvalue weighted by Gasteiger charge is 2.36. The molecule has 4 aromatic rings. The van der Waals surface area contributed by atoms with Crippen LogP contribution in [-0.2, 0) is 12.1 Å². The van der Waals surface area contributed by atoms with Crippen LogP contribution in [0.15, 0.2) is 36.4 Å². The Kier molecular flexibility index (Phi) is 5.62. The maximum absolute atomic E-state index is 16.6. The van der Waals surface area contributed by atoms with Gasteiger partial charge >= 0.3 is 0 Å².